The minimum Gasteiger partial charge on any atom is -0.296 e. The highest BCUT2D eigenvalue weighted by Crippen LogP contribution is 2.15. The normalized spacial score (nSPS) is 13.0. The number of nitriles is 1. The summed E-state index contributed by atoms with van der Waals surface area (Å²) >= 11 is 0. The molecule has 1 aromatic carbocycles. The van der Waals surface area contributed by atoms with Gasteiger partial charge >= 0.3 is 5.69 Å². The number of hydrogen-bond donors (Lipinski definition) is 0. The van der Waals surface area contributed by atoms with E-state index in [1.807, 2.05) is 30.3 Å². The molecule has 7 nitrogen and oxygen atoms in total. The zero-order chi connectivity index (χ0) is 17.6. The summed E-state index contributed by atoms with van der Waals surface area (Å²) in [5.41, 5.74) is 2.37. The second-order valence-corrected chi connectivity index (χ2v) is 6.11. The van der Waals surface area contributed by atoms with Gasteiger partial charge < -0.3 is 0 Å². The van der Waals surface area contributed by atoms with Gasteiger partial charge in [0.25, 0.3) is 5.56 Å². The van der Waals surface area contributed by atoms with Crippen LogP contribution in [-0.4, -0.2) is 19.1 Å². The Labute approximate surface area is 142 Å². The van der Waals surface area contributed by atoms with Crippen molar-refractivity contribution in [2.75, 3.05) is 0 Å². The van der Waals surface area contributed by atoms with Crippen molar-refractivity contribution in [3.05, 3.63) is 67.7 Å². The maximum absolute atomic E-state index is 12.7. The lowest BCUT2D eigenvalue weighted by atomic mass is 10.2. The summed E-state index contributed by atoms with van der Waals surface area (Å²) in [6.45, 7) is 2.35. The molecule has 3 heterocycles. The second-order valence-electron chi connectivity index (χ2n) is 6.11. The highest BCUT2D eigenvalue weighted by Gasteiger charge is 2.23. The van der Waals surface area contributed by atoms with Gasteiger partial charge in [-0.25, -0.2) is 14.8 Å². The van der Waals surface area contributed by atoms with E-state index in [0.29, 0.717) is 35.6 Å². The third-order valence-electron chi connectivity index (χ3n) is 4.59. The molecule has 0 N–H and O–H groups in total. The Hall–Kier alpha value is -3.27. The molecule has 0 radical (unpaired) electrons. The van der Waals surface area contributed by atoms with E-state index in [0.717, 1.165) is 16.5 Å². The van der Waals surface area contributed by atoms with Crippen molar-refractivity contribution in [3.8, 4) is 6.07 Å². The predicted octanol–water partition coefficient (Wildman–Crippen LogP) is 1.13. The Bertz CT molecular complexity index is 1170. The molecular weight excluding hydrogens is 318 g/mol. The first-order valence-electron chi connectivity index (χ1n) is 8.09. The van der Waals surface area contributed by atoms with Crippen molar-refractivity contribution in [2.45, 2.75) is 32.9 Å². The first-order chi connectivity index (χ1) is 12.1. The number of hydrogen-bond acceptors (Lipinski definition) is 5. The van der Waals surface area contributed by atoms with E-state index in [4.69, 9.17) is 0 Å². The third kappa shape index (κ3) is 2.34. The second kappa shape index (κ2) is 5.67. The molecule has 0 saturated heterocycles. The average Bonchev–Trinajstić information content (AvgIpc) is 3.09. The molecule has 25 heavy (non-hydrogen) atoms. The Kier molecular flexibility index (Phi) is 3.46. The molecule has 1 aliphatic rings. The fraction of sp³-hybridized carbons (Fsp3) is 0.278. The lowest BCUT2D eigenvalue weighted by molar-refractivity contribution is 0.595. The minimum absolute atomic E-state index is 0.0102. The van der Waals surface area contributed by atoms with E-state index in [1.54, 1.807) is 6.92 Å². The number of benzene rings is 1. The summed E-state index contributed by atoms with van der Waals surface area (Å²) in [4.78, 5) is 34.4. The average molecular weight is 333 g/mol. The number of aryl methyl sites for hydroxylation is 1. The van der Waals surface area contributed by atoms with Crippen LogP contribution in [0.2, 0.25) is 0 Å². The molecule has 3 aromatic rings. The molecule has 124 valence electrons. The molecule has 4 rings (SSSR count). The van der Waals surface area contributed by atoms with Crippen LogP contribution in [-0.2, 0) is 19.5 Å². The fourth-order valence-electron chi connectivity index (χ4n) is 3.31. The highest BCUT2D eigenvalue weighted by atomic mass is 16.2. The van der Waals surface area contributed by atoms with Crippen LogP contribution in [0.3, 0.4) is 0 Å². The molecule has 0 fully saturated rings. The van der Waals surface area contributed by atoms with E-state index < -0.39 is 5.56 Å². The maximum atomic E-state index is 12.7. The van der Waals surface area contributed by atoms with E-state index in [2.05, 4.69) is 9.97 Å². The van der Waals surface area contributed by atoms with Crippen LogP contribution in [0.15, 0.2) is 33.9 Å². The standard InChI is InChI=1S/C18H15N5O2/c1-11-15(21-14-6-3-2-5-13(14)20-11)10-23-17(24)12(9-19)16-7-4-8-22(16)18(23)25/h2-3,5-6H,4,7-8,10H2,1H3. The number of aromatic nitrogens is 4. The maximum Gasteiger partial charge on any atom is 0.331 e. The monoisotopic (exact) mass is 333 g/mol. The number of fused-ring (bicyclic) bond motifs is 2. The van der Waals surface area contributed by atoms with Gasteiger partial charge in [0.05, 0.1) is 29.0 Å². The molecule has 7 heteroatoms. The van der Waals surface area contributed by atoms with Gasteiger partial charge in [-0.05, 0) is 31.9 Å². The molecule has 0 bridgehead atoms. The summed E-state index contributed by atoms with van der Waals surface area (Å²) in [7, 11) is 0. The van der Waals surface area contributed by atoms with Crippen LogP contribution in [0.4, 0.5) is 0 Å². The van der Waals surface area contributed by atoms with Gasteiger partial charge in [0.2, 0.25) is 0 Å². The molecular formula is C18H15N5O2. The van der Waals surface area contributed by atoms with Crippen molar-refractivity contribution >= 4 is 11.0 Å². The van der Waals surface area contributed by atoms with Gasteiger partial charge in [-0.1, -0.05) is 12.1 Å². The number of para-hydroxylation sites is 2. The van der Waals surface area contributed by atoms with E-state index in [-0.39, 0.29) is 17.8 Å². The van der Waals surface area contributed by atoms with Crippen molar-refractivity contribution in [2.24, 2.45) is 0 Å². The Morgan fingerprint density at radius 2 is 1.92 bits per heavy atom. The molecule has 1 aliphatic heterocycles. The van der Waals surface area contributed by atoms with Crippen LogP contribution in [0.5, 0.6) is 0 Å². The van der Waals surface area contributed by atoms with Gasteiger partial charge in [-0.3, -0.25) is 13.9 Å². The molecule has 0 amide bonds. The lowest BCUT2D eigenvalue weighted by Crippen LogP contribution is -2.42. The molecule has 2 aromatic heterocycles. The topological polar surface area (TPSA) is 93.6 Å². The van der Waals surface area contributed by atoms with Crippen LogP contribution < -0.4 is 11.2 Å². The van der Waals surface area contributed by atoms with Crippen LogP contribution in [0, 0.1) is 18.3 Å². The van der Waals surface area contributed by atoms with Crippen LogP contribution in [0.1, 0.15) is 29.1 Å². The van der Waals surface area contributed by atoms with Gasteiger partial charge in [-0.15, -0.1) is 0 Å². The summed E-state index contributed by atoms with van der Waals surface area (Å²) in [5, 5.41) is 9.35. The zero-order valence-electron chi connectivity index (χ0n) is 13.7. The molecule has 0 atom stereocenters. The Balaban J connectivity index is 1.90. The quantitative estimate of drug-likeness (QED) is 0.701. The molecule has 0 saturated carbocycles. The largest absolute Gasteiger partial charge is 0.331 e. The zero-order valence-corrected chi connectivity index (χ0v) is 13.7. The summed E-state index contributed by atoms with van der Waals surface area (Å²) in [6.07, 6.45) is 1.35. The Morgan fingerprint density at radius 3 is 2.64 bits per heavy atom. The van der Waals surface area contributed by atoms with Gasteiger partial charge in [0.1, 0.15) is 11.6 Å². The molecule has 0 unspecified atom stereocenters. The van der Waals surface area contributed by atoms with E-state index in [1.165, 1.54) is 4.57 Å². The number of nitrogens with zero attached hydrogens (tertiary/aromatic N) is 5. The SMILES string of the molecule is Cc1nc2ccccc2nc1Cn1c(=O)c(C#N)c2n(c1=O)CCC2. The summed E-state index contributed by atoms with van der Waals surface area (Å²) in [5.74, 6) is 0. The number of rotatable bonds is 2. The lowest BCUT2D eigenvalue weighted by Gasteiger charge is -2.12. The van der Waals surface area contributed by atoms with Gasteiger partial charge in [0.15, 0.2) is 0 Å². The third-order valence-corrected chi connectivity index (χ3v) is 4.59. The van der Waals surface area contributed by atoms with Crippen molar-refractivity contribution in [1.82, 2.24) is 19.1 Å². The van der Waals surface area contributed by atoms with Crippen molar-refractivity contribution in [3.63, 3.8) is 0 Å². The molecule has 0 spiro atoms. The first kappa shape index (κ1) is 15.3. The van der Waals surface area contributed by atoms with Crippen LogP contribution in [0.25, 0.3) is 11.0 Å². The fourth-order valence-corrected chi connectivity index (χ4v) is 3.31. The van der Waals surface area contributed by atoms with Crippen molar-refractivity contribution < 1.29 is 0 Å². The first-order valence-corrected chi connectivity index (χ1v) is 8.09. The smallest absolute Gasteiger partial charge is 0.296 e. The molecule has 0 aliphatic carbocycles. The van der Waals surface area contributed by atoms with E-state index in [9.17, 15) is 14.9 Å². The van der Waals surface area contributed by atoms with Crippen molar-refractivity contribution in [1.29, 1.82) is 5.26 Å². The summed E-state index contributed by atoms with van der Waals surface area (Å²) in [6, 6.07) is 9.41. The predicted molar refractivity (Wildman–Crippen MR) is 91.4 cm³/mol. The summed E-state index contributed by atoms with van der Waals surface area (Å²) < 4.78 is 2.63. The minimum atomic E-state index is -0.546. The van der Waals surface area contributed by atoms with E-state index >= 15 is 0 Å². The van der Waals surface area contributed by atoms with Gasteiger partial charge in [0, 0.05) is 12.2 Å². The Morgan fingerprint density at radius 1 is 1.20 bits per heavy atom. The van der Waals surface area contributed by atoms with Crippen LogP contribution >= 0.6 is 0 Å². The highest BCUT2D eigenvalue weighted by molar-refractivity contribution is 5.74. The van der Waals surface area contributed by atoms with Gasteiger partial charge in [-0.2, -0.15) is 5.26 Å².